The van der Waals surface area contributed by atoms with E-state index in [9.17, 15) is 5.11 Å². The van der Waals surface area contributed by atoms with Gasteiger partial charge in [0.25, 0.3) is 0 Å². The molecule has 0 spiro atoms. The van der Waals surface area contributed by atoms with E-state index in [0.29, 0.717) is 12.0 Å². The summed E-state index contributed by atoms with van der Waals surface area (Å²) < 4.78 is 0. The SMILES string of the molecule is CCN1CCCC1CNC(N)=NCC(C)(O)c1cccs1. The number of hydrogen-bond donors (Lipinski definition) is 3. The molecule has 2 atom stereocenters. The van der Waals surface area contributed by atoms with Crippen LogP contribution in [0.5, 0.6) is 0 Å². The zero-order valence-electron chi connectivity index (χ0n) is 12.9. The molecule has 0 aliphatic carbocycles. The van der Waals surface area contributed by atoms with E-state index in [4.69, 9.17) is 5.73 Å². The van der Waals surface area contributed by atoms with E-state index in [1.165, 1.54) is 30.7 Å². The maximum Gasteiger partial charge on any atom is 0.188 e. The van der Waals surface area contributed by atoms with Crippen molar-refractivity contribution in [3.63, 3.8) is 0 Å². The summed E-state index contributed by atoms with van der Waals surface area (Å²) in [6.45, 7) is 7.31. The Morgan fingerprint density at radius 3 is 3.14 bits per heavy atom. The monoisotopic (exact) mass is 310 g/mol. The van der Waals surface area contributed by atoms with Crippen LogP contribution in [0.15, 0.2) is 22.5 Å². The topological polar surface area (TPSA) is 73.9 Å². The fourth-order valence-electron chi connectivity index (χ4n) is 2.72. The van der Waals surface area contributed by atoms with E-state index in [1.807, 2.05) is 17.5 Å². The smallest absolute Gasteiger partial charge is 0.188 e. The first-order chi connectivity index (χ1) is 10.0. The molecule has 0 amide bonds. The Bertz CT molecular complexity index is 458. The predicted molar refractivity (Wildman–Crippen MR) is 88.7 cm³/mol. The van der Waals surface area contributed by atoms with Crippen LogP contribution in [0, 0.1) is 0 Å². The summed E-state index contributed by atoms with van der Waals surface area (Å²) in [6.07, 6.45) is 2.46. The normalized spacial score (nSPS) is 23.2. The molecule has 1 saturated heterocycles. The van der Waals surface area contributed by atoms with Crippen molar-refractivity contribution in [2.24, 2.45) is 10.7 Å². The molecule has 1 aromatic heterocycles. The number of nitrogens with two attached hydrogens (primary N) is 1. The fraction of sp³-hybridized carbons (Fsp3) is 0.667. The predicted octanol–water partition coefficient (Wildman–Crippen LogP) is 1.34. The van der Waals surface area contributed by atoms with Gasteiger partial charge in [0.15, 0.2) is 5.96 Å². The Hall–Kier alpha value is -1.11. The number of likely N-dealkylation sites (N-methyl/N-ethyl adjacent to an activating group) is 1. The van der Waals surface area contributed by atoms with Crippen molar-refractivity contribution in [2.75, 3.05) is 26.2 Å². The zero-order chi connectivity index (χ0) is 15.3. The summed E-state index contributed by atoms with van der Waals surface area (Å²) >= 11 is 1.53. The largest absolute Gasteiger partial charge is 0.383 e. The highest BCUT2D eigenvalue weighted by Crippen LogP contribution is 2.25. The molecular weight excluding hydrogens is 284 g/mol. The quantitative estimate of drug-likeness (QED) is 0.548. The molecule has 1 aliphatic heterocycles. The van der Waals surface area contributed by atoms with Crippen molar-refractivity contribution < 1.29 is 5.11 Å². The van der Waals surface area contributed by atoms with E-state index in [2.05, 4.69) is 22.1 Å². The third kappa shape index (κ3) is 4.43. The van der Waals surface area contributed by atoms with E-state index < -0.39 is 5.60 Å². The van der Waals surface area contributed by atoms with Crippen LogP contribution >= 0.6 is 11.3 Å². The molecule has 1 aliphatic rings. The molecule has 0 bridgehead atoms. The molecule has 6 heteroatoms. The minimum Gasteiger partial charge on any atom is -0.383 e. The molecule has 0 aromatic carbocycles. The molecule has 1 fully saturated rings. The highest BCUT2D eigenvalue weighted by Gasteiger charge is 2.24. The first kappa shape index (κ1) is 16.3. The second-order valence-electron chi connectivity index (χ2n) is 5.76. The van der Waals surface area contributed by atoms with E-state index in [-0.39, 0.29) is 6.54 Å². The minimum atomic E-state index is -0.955. The second-order valence-corrected chi connectivity index (χ2v) is 6.71. The Kier molecular flexibility index (Phi) is 5.61. The fourth-order valence-corrected chi connectivity index (χ4v) is 3.50. The van der Waals surface area contributed by atoms with Crippen LogP contribution in [0.2, 0.25) is 0 Å². The number of thiophene rings is 1. The third-order valence-electron chi connectivity index (χ3n) is 4.03. The Balaban J connectivity index is 1.81. The molecule has 0 saturated carbocycles. The van der Waals surface area contributed by atoms with Crippen LogP contribution in [0.3, 0.4) is 0 Å². The average molecular weight is 310 g/mol. The standard InChI is InChI=1S/C15H26N4OS/c1-3-19-8-4-6-12(19)10-17-14(16)18-11-15(2,20)13-7-5-9-21-13/h5,7,9,12,20H,3-4,6,8,10-11H2,1-2H3,(H3,16,17,18). The van der Waals surface area contributed by atoms with Crippen LogP contribution < -0.4 is 11.1 Å². The average Bonchev–Trinajstić information content (AvgIpc) is 3.13. The summed E-state index contributed by atoms with van der Waals surface area (Å²) in [5.41, 5.74) is 4.96. The molecule has 4 N–H and O–H groups in total. The van der Waals surface area contributed by atoms with Crippen LogP contribution in [-0.4, -0.2) is 48.2 Å². The first-order valence-corrected chi connectivity index (χ1v) is 8.45. The number of aliphatic imine (C=N–C) groups is 1. The molecule has 118 valence electrons. The van der Waals surface area contributed by atoms with Crippen LogP contribution in [0.25, 0.3) is 0 Å². The van der Waals surface area contributed by atoms with Gasteiger partial charge in [-0.15, -0.1) is 11.3 Å². The highest BCUT2D eigenvalue weighted by molar-refractivity contribution is 7.10. The first-order valence-electron chi connectivity index (χ1n) is 7.57. The van der Waals surface area contributed by atoms with Crippen molar-refractivity contribution in [1.82, 2.24) is 10.2 Å². The number of likely N-dealkylation sites (tertiary alicyclic amines) is 1. The summed E-state index contributed by atoms with van der Waals surface area (Å²) in [4.78, 5) is 7.65. The van der Waals surface area contributed by atoms with Crippen LogP contribution in [-0.2, 0) is 5.60 Å². The molecule has 0 radical (unpaired) electrons. The van der Waals surface area contributed by atoms with Gasteiger partial charge >= 0.3 is 0 Å². The Labute approximate surface area is 130 Å². The van der Waals surface area contributed by atoms with Gasteiger partial charge in [-0.3, -0.25) is 9.89 Å². The maximum atomic E-state index is 10.4. The van der Waals surface area contributed by atoms with Crippen molar-refractivity contribution in [3.05, 3.63) is 22.4 Å². The van der Waals surface area contributed by atoms with Crippen molar-refractivity contribution >= 4 is 17.3 Å². The lowest BCUT2D eigenvalue weighted by molar-refractivity contribution is 0.0712. The zero-order valence-corrected chi connectivity index (χ0v) is 13.7. The molecule has 2 heterocycles. The van der Waals surface area contributed by atoms with Crippen molar-refractivity contribution in [3.8, 4) is 0 Å². The molecule has 2 unspecified atom stereocenters. The van der Waals surface area contributed by atoms with Gasteiger partial charge in [0.1, 0.15) is 5.60 Å². The van der Waals surface area contributed by atoms with Gasteiger partial charge < -0.3 is 16.2 Å². The van der Waals surface area contributed by atoms with E-state index >= 15 is 0 Å². The molecule has 21 heavy (non-hydrogen) atoms. The lowest BCUT2D eigenvalue weighted by atomic mass is 10.1. The summed E-state index contributed by atoms with van der Waals surface area (Å²) in [7, 11) is 0. The lowest BCUT2D eigenvalue weighted by Crippen LogP contribution is -2.43. The van der Waals surface area contributed by atoms with Gasteiger partial charge in [0.05, 0.1) is 6.54 Å². The van der Waals surface area contributed by atoms with Gasteiger partial charge in [-0.05, 0) is 44.3 Å². The second kappa shape index (κ2) is 7.24. The maximum absolute atomic E-state index is 10.4. The van der Waals surface area contributed by atoms with Crippen molar-refractivity contribution in [1.29, 1.82) is 0 Å². The van der Waals surface area contributed by atoms with E-state index in [1.54, 1.807) is 6.92 Å². The molecular formula is C15H26N4OS. The number of rotatable bonds is 6. The van der Waals surface area contributed by atoms with E-state index in [0.717, 1.165) is 18.0 Å². The summed E-state index contributed by atoms with van der Waals surface area (Å²) in [5.74, 6) is 0.412. The highest BCUT2D eigenvalue weighted by atomic mass is 32.1. The van der Waals surface area contributed by atoms with Gasteiger partial charge in [-0.2, -0.15) is 0 Å². The number of hydrogen-bond acceptors (Lipinski definition) is 4. The molecule has 2 rings (SSSR count). The van der Waals surface area contributed by atoms with Gasteiger partial charge in [-0.1, -0.05) is 13.0 Å². The van der Waals surface area contributed by atoms with Crippen LogP contribution in [0.1, 0.15) is 31.6 Å². The number of nitrogens with zero attached hydrogens (tertiary/aromatic N) is 2. The third-order valence-corrected chi connectivity index (χ3v) is 5.16. The Morgan fingerprint density at radius 2 is 2.48 bits per heavy atom. The van der Waals surface area contributed by atoms with Gasteiger partial charge in [0.2, 0.25) is 0 Å². The van der Waals surface area contributed by atoms with Crippen molar-refractivity contribution in [2.45, 2.75) is 38.3 Å². The number of aliphatic hydroxyl groups is 1. The molecule has 1 aromatic rings. The van der Waals surface area contributed by atoms with Gasteiger partial charge in [-0.25, -0.2) is 0 Å². The number of guanidine groups is 1. The lowest BCUT2D eigenvalue weighted by Gasteiger charge is -2.23. The van der Waals surface area contributed by atoms with Gasteiger partial charge in [0, 0.05) is 17.5 Å². The van der Waals surface area contributed by atoms with Crippen LogP contribution in [0.4, 0.5) is 0 Å². The minimum absolute atomic E-state index is 0.272. The summed E-state index contributed by atoms with van der Waals surface area (Å²) in [6, 6.07) is 4.39. The summed E-state index contributed by atoms with van der Waals surface area (Å²) in [5, 5.41) is 15.5. The Morgan fingerprint density at radius 1 is 1.67 bits per heavy atom. The molecule has 5 nitrogen and oxygen atoms in total. The number of nitrogens with one attached hydrogen (secondary N) is 1.